The molecule has 0 bridgehead atoms. The number of fused-ring (bicyclic) bond motifs is 1. The molecule has 2 aromatic rings. The Morgan fingerprint density at radius 2 is 2.06 bits per heavy atom. The Kier molecular flexibility index (Phi) is 3.22. The summed E-state index contributed by atoms with van der Waals surface area (Å²) in [5.41, 5.74) is 1.92. The molecule has 2 rings (SSSR count). The Balaban J connectivity index is 2.83. The molecule has 18 heavy (non-hydrogen) atoms. The quantitative estimate of drug-likeness (QED) is 0.742. The summed E-state index contributed by atoms with van der Waals surface area (Å²) in [6.07, 6.45) is 0. The van der Waals surface area contributed by atoms with Gasteiger partial charge >= 0.3 is 5.97 Å². The number of pyridine rings is 1. The molecule has 1 heterocycles. The van der Waals surface area contributed by atoms with E-state index in [1.807, 2.05) is 0 Å². The first-order valence-corrected chi connectivity index (χ1v) is 5.72. The van der Waals surface area contributed by atoms with E-state index in [0.717, 1.165) is 0 Å². The summed E-state index contributed by atoms with van der Waals surface area (Å²) in [5, 5.41) is 0.433. The van der Waals surface area contributed by atoms with Crippen LogP contribution in [0.1, 0.15) is 18.2 Å². The lowest BCUT2D eigenvalue weighted by molar-refractivity contribution is -0.131. The highest BCUT2D eigenvalue weighted by atomic mass is 35.5. The number of benzene rings is 1. The van der Waals surface area contributed by atoms with Crippen LogP contribution in [0.2, 0.25) is 5.02 Å². The van der Waals surface area contributed by atoms with E-state index in [2.05, 4.69) is 4.98 Å². The fraction of sp³-hybridized carbons (Fsp3) is 0.231. The zero-order chi connectivity index (χ0) is 13.4. The Labute approximate surface area is 109 Å². The molecule has 1 aromatic heterocycles. The molecule has 0 aliphatic carbocycles. The van der Waals surface area contributed by atoms with Crippen molar-refractivity contribution in [1.29, 1.82) is 0 Å². The third kappa shape index (κ3) is 2.16. The largest absolute Gasteiger partial charge is 0.426 e. The van der Waals surface area contributed by atoms with Crippen molar-refractivity contribution in [3.8, 4) is 5.75 Å². The molecule has 0 aliphatic heterocycles. The van der Waals surface area contributed by atoms with Crippen molar-refractivity contribution in [3.63, 3.8) is 0 Å². The van der Waals surface area contributed by atoms with Crippen molar-refractivity contribution in [2.45, 2.75) is 20.8 Å². The van der Waals surface area contributed by atoms with Crippen LogP contribution in [-0.4, -0.2) is 11.0 Å². The third-order valence-corrected chi connectivity index (χ3v) is 2.99. The van der Waals surface area contributed by atoms with E-state index in [-0.39, 0.29) is 5.02 Å². The molecule has 0 fully saturated rings. The maximum atomic E-state index is 13.5. The molecule has 0 amide bonds. The van der Waals surface area contributed by atoms with Gasteiger partial charge in [-0.15, -0.1) is 0 Å². The number of carbonyl (C=O) groups is 1. The lowest BCUT2D eigenvalue weighted by Gasteiger charge is -2.12. The van der Waals surface area contributed by atoms with Crippen LogP contribution in [0.5, 0.6) is 5.75 Å². The summed E-state index contributed by atoms with van der Waals surface area (Å²) in [5.74, 6) is -0.691. The number of hydrogen-bond donors (Lipinski definition) is 0. The zero-order valence-corrected chi connectivity index (χ0v) is 10.9. The van der Waals surface area contributed by atoms with Crippen molar-refractivity contribution in [1.82, 2.24) is 4.98 Å². The molecule has 1 aromatic carbocycles. The Hall–Kier alpha value is -1.68. The van der Waals surface area contributed by atoms with Gasteiger partial charge in [0.25, 0.3) is 0 Å². The van der Waals surface area contributed by atoms with Gasteiger partial charge in [0.05, 0.1) is 10.5 Å². The maximum Gasteiger partial charge on any atom is 0.308 e. The average Bonchev–Trinajstić information content (AvgIpc) is 2.28. The minimum absolute atomic E-state index is 0.00738. The highest BCUT2D eigenvalue weighted by Crippen LogP contribution is 2.33. The van der Waals surface area contributed by atoms with Gasteiger partial charge in [-0.05, 0) is 26.0 Å². The SMILES string of the molecule is CC(=O)Oc1c(C)c(C)nc2cc(Cl)c(F)cc12. The Morgan fingerprint density at radius 3 is 2.67 bits per heavy atom. The molecule has 0 aliphatic rings. The van der Waals surface area contributed by atoms with Crippen molar-refractivity contribution < 1.29 is 13.9 Å². The normalized spacial score (nSPS) is 10.7. The van der Waals surface area contributed by atoms with Crippen LogP contribution in [-0.2, 0) is 4.79 Å². The number of hydrogen-bond acceptors (Lipinski definition) is 3. The van der Waals surface area contributed by atoms with Crippen molar-refractivity contribution >= 4 is 28.5 Å². The zero-order valence-electron chi connectivity index (χ0n) is 10.2. The molecule has 0 unspecified atom stereocenters. The smallest absolute Gasteiger partial charge is 0.308 e. The van der Waals surface area contributed by atoms with Crippen LogP contribution in [0.4, 0.5) is 4.39 Å². The lowest BCUT2D eigenvalue weighted by Crippen LogP contribution is -2.05. The molecule has 0 N–H and O–H groups in total. The molecule has 0 saturated heterocycles. The van der Waals surface area contributed by atoms with Crippen LogP contribution in [0, 0.1) is 19.7 Å². The first kappa shape index (κ1) is 12.8. The molecular weight excluding hydrogens is 257 g/mol. The summed E-state index contributed by atoms with van der Waals surface area (Å²) in [6, 6.07) is 2.65. The van der Waals surface area contributed by atoms with Crippen LogP contribution < -0.4 is 4.74 Å². The number of nitrogens with zero attached hydrogens (tertiary/aromatic N) is 1. The van der Waals surface area contributed by atoms with Gasteiger partial charge in [0.2, 0.25) is 0 Å². The highest BCUT2D eigenvalue weighted by molar-refractivity contribution is 6.31. The number of ether oxygens (including phenoxy) is 1. The monoisotopic (exact) mass is 267 g/mol. The second-order valence-electron chi connectivity index (χ2n) is 4.03. The fourth-order valence-corrected chi connectivity index (χ4v) is 1.87. The molecule has 0 atom stereocenters. The number of aromatic nitrogens is 1. The number of aryl methyl sites for hydroxylation is 1. The first-order chi connectivity index (χ1) is 8.40. The van der Waals surface area contributed by atoms with E-state index in [1.165, 1.54) is 19.1 Å². The van der Waals surface area contributed by atoms with Gasteiger partial charge in [-0.3, -0.25) is 9.78 Å². The third-order valence-electron chi connectivity index (χ3n) is 2.70. The fourth-order valence-electron chi connectivity index (χ4n) is 1.72. The lowest BCUT2D eigenvalue weighted by atomic mass is 10.1. The van der Waals surface area contributed by atoms with Gasteiger partial charge in [-0.1, -0.05) is 11.6 Å². The summed E-state index contributed by atoms with van der Waals surface area (Å²) >= 11 is 5.72. The van der Waals surface area contributed by atoms with Gasteiger partial charge < -0.3 is 4.74 Å². The van der Waals surface area contributed by atoms with E-state index in [1.54, 1.807) is 13.8 Å². The van der Waals surface area contributed by atoms with Crippen LogP contribution in [0.3, 0.4) is 0 Å². The number of halogens is 2. The van der Waals surface area contributed by atoms with E-state index >= 15 is 0 Å². The first-order valence-electron chi connectivity index (χ1n) is 5.34. The highest BCUT2D eigenvalue weighted by Gasteiger charge is 2.15. The van der Waals surface area contributed by atoms with Gasteiger partial charge in [0, 0.05) is 23.6 Å². The summed E-state index contributed by atoms with van der Waals surface area (Å²) in [6.45, 7) is 4.86. The van der Waals surface area contributed by atoms with Gasteiger partial charge in [0.15, 0.2) is 0 Å². The van der Waals surface area contributed by atoms with E-state index in [9.17, 15) is 9.18 Å². The molecule has 0 saturated carbocycles. The minimum Gasteiger partial charge on any atom is -0.426 e. The van der Waals surface area contributed by atoms with E-state index in [0.29, 0.717) is 27.9 Å². The number of esters is 1. The van der Waals surface area contributed by atoms with Gasteiger partial charge in [-0.25, -0.2) is 4.39 Å². The molecule has 94 valence electrons. The maximum absolute atomic E-state index is 13.5. The molecule has 0 spiro atoms. The molecule has 5 heteroatoms. The average molecular weight is 268 g/mol. The van der Waals surface area contributed by atoms with Gasteiger partial charge in [0.1, 0.15) is 11.6 Å². The summed E-state index contributed by atoms with van der Waals surface area (Å²) in [4.78, 5) is 15.4. The van der Waals surface area contributed by atoms with Crippen molar-refractivity contribution in [3.05, 3.63) is 34.2 Å². The predicted octanol–water partition coefficient (Wildman–Crippen LogP) is 3.57. The van der Waals surface area contributed by atoms with Crippen LogP contribution in [0.15, 0.2) is 12.1 Å². The number of rotatable bonds is 1. The molecule has 0 radical (unpaired) electrons. The standard InChI is InChI=1S/C13H11ClFNO2/c1-6-7(2)16-12-5-10(14)11(15)4-9(12)13(6)18-8(3)17/h4-5H,1-3H3. The van der Waals surface area contributed by atoms with Gasteiger partial charge in [-0.2, -0.15) is 0 Å². The van der Waals surface area contributed by atoms with E-state index < -0.39 is 11.8 Å². The molecular formula is C13H11ClFNO2. The van der Waals surface area contributed by atoms with Crippen LogP contribution >= 0.6 is 11.6 Å². The van der Waals surface area contributed by atoms with Crippen molar-refractivity contribution in [2.75, 3.05) is 0 Å². The van der Waals surface area contributed by atoms with E-state index in [4.69, 9.17) is 16.3 Å². The minimum atomic E-state index is -0.567. The van der Waals surface area contributed by atoms with Crippen LogP contribution in [0.25, 0.3) is 10.9 Å². The predicted molar refractivity (Wildman–Crippen MR) is 67.5 cm³/mol. The Bertz CT molecular complexity index is 650. The Morgan fingerprint density at radius 1 is 1.39 bits per heavy atom. The second kappa shape index (κ2) is 4.53. The van der Waals surface area contributed by atoms with Crippen molar-refractivity contribution in [2.24, 2.45) is 0 Å². The number of carbonyl (C=O) groups excluding carboxylic acids is 1. The summed E-state index contributed by atoms with van der Waals surface area (Å²) < 4.78 is 18.6. The summed E-state index contributed by atoms with van der Waals surface area (Å²) in [7, 11) is 0. The molecule has 3 nitrogen and oxygen atoms in total. The topological polar surface area (TPSA) is 39.2 Å². The second-order valence-corrected chi connectivity index (χ2v) is 4.44.